The van der Waals surface area contributed by atoms with E-state index in [0.29, 0.717) is 77.4 Å². The van der Waals surface area contributed by atoms with Crippen LogP contribution in [0.15, 0.2) is 153 Å². The zero-order chi connectivity index (χ0) is 55.9. The molecule has 79 heavy (non-hydrogen) atoms. The maximum Gasteiger partial charge on any atom is 0.343 e. The van der Waals surface area contributed by atoms with E-state index < -0.39 is 23.9 Å². The number of hydrogen-bond donors (Lipinski definition) is 0. The average Bonchev–Trinajstić information content (AvgIpc) is 3.55. The summed E-state index contributed by atoms with van der Waals surface area (Å²) in [6.45, 7) is 12.9. The first-order valence-electron chi connectivity index (χ1n) is 26.6. The first-order chi connectivity index (χ1) is 38.6. The van der Waals surface area contributed by atoms with Gasteiger partial charge in [-0.25, -0.2) is 33.9 Å². The lowest BCUT2D eigenvalue weighted by atomic mass is 10.0. The zero-order valence-corrected chi connectivity index (χ0v) is 44.6. The Morgan fingerprint density at radius 2 is 0.772 bits per heavy atom. The van der Waals surface area contributed by atoms with Gasteiger partial charge in [0.05, 0.1) is 73.2 Å². The Morgan fingerprint density at radius 1 is 0.367 bits per heavy atom. The van der Waals surface area contributed by atoms with Crippen molar-refractivity contribution in [1.82, 2.24) is 9.97 Å². The molecule has 5 aromatic carbocycles. The van der Waals surface area contributed by atoms with E-state index >= 15 is 0 Å². The van der Waals surface area contributed by atoms with Gasteiger partial charge < -0.3 is 42.6 Å². The van der Waals surface area contributed by atoms with E-state index in [-0.39, 0.29) is 49.3 Å². The highest BCUT2D eigenvalue weighted by Crippen LogP contribution is 2.35. The highest BCUT2D eigenvalue weighted by Gasteiger charge is 2.18. The first-order valence-corrected chi connectivity index (χ1v) is 26.6. The molecule has 0 bridgehead atoms. The van der Waals surface area contributed by atoms with Crippen LogP contribution in [0.3, 0.4) is 0 Å². The van der Waals surface area contributed by atoms with E-state index in [4.69, 9.17) is 52.6 Å². The van der Waals surface area contributed by atoms with Crippen LogP contribution in [-0.2, 0) is 33.3 Å². The number of carbonyl (C=O) groups is 5. The van der Waals surface area contributed by atoms with Gasteiger partial charge in [0.25, 0.3) is 0 Å². The van der Waals surface area contributed by atoms with Gasteiger partial charge in [0, 0.05) is 35.4 Å². The number of fused-ring (bicyclic) bond motifs is 1. The molecule has 1 heterocycles. The molecular weight excluding hydrogens is 1010 g/mol. The minimum atomic E-state index is -0.633. The minimum Gasteiger partial charge on any atom is -0.494 e. The summed E-state index contributed by atoms with van der Waals surface area (Å²) >= 11 is 0. The number of benzene rings is 5. The molecule has 16 nitrogen and oxygen atoms in total. The van der Waals surface area contributed by atoms with Crippen LogP contribution in [0, 0.1) is 0 Å². The van der Waals surface area contributed by atoms with Gasteiger partial charge in [-0.2, -0.15) is 0 Å². The number of hydrogen-bond acceptors (Lipinski definition) is 16. The second kappa shape index (κ2) is 33.5. The van der Waals surface area contributed by atoms with E-state index in [1.165, 1.54) is 30.3 Å². The van der Waals surface area contributed by atoms with Gasteiger partial charge in [0.2, 0.25) is 0 Å². The fourth-order valence-electron chi connectivity index (χ4n) is 7.89. The van der Waals surface area contributed by atoms with Crippen molar-refractivity contribution in [3.63, 3.8) is 0 Å². The van der Waals surface area contributed by atoms with Crippen LogP contribution in [0.25, 0.3) is 33.5 Å². The van der Waals surface area contributed by atoms with Crippen molar-refractivity contribution in [3.8, 4) is 51.3 Å². The van der Waals surface area contributed by atoms with Gasteiger partial charge in [-0.1, -0.05) is 82.5 Å². The average molecular weight is 1080 g/mol. The summed E-state index contributed by atoms with van der Waals surface area (Å²) in [5.74, 6) is -0.0614. The lowest BCUT2D eigenvalue weighted by Gasteiger charge is -2.14. The summed E-state index contributed by atoms with van der Waals surface area (Å²) in [5, 5.41) is 0. The Morgan fingerprint density at radius 3 is 1.33 bits per heavy atom. The van der Waals surface area contributed by atoms with Crippen molar-refractivity contribution in [2.75, 3.05) is 52.9 Å². The molecular formula is C63H68N2O14. The van der Waals surface area contributed by atoms with E-state index in [1.807, 2.05) is 42.5 Å². The van der Waals surface area contributed by atoms with E-state index in [0.717, 1.165) is 94.8 Å². The molecule has 6 rings (SSSR count). The van der Waals surface area contributed by atoms with E-state index in [2.05, 4.69) is 19.7 Å². The molecule has 414 valence electrons. The summed E-state index contributed by atoms with van der Waals surface area (Å²) in [7, 11) is 0. The lowest BCUT2D eigenvalue weighted by molar-refractivity contribution is -0.139. The molecule has 0 aliphatic heterocycles. The Bertz CT molecular complexity index is 2960. The predicted octanol–water partition coefficient (Wildman–Crippen LogP) is 12.4. The highest BCUT2D eigenvalue weighted by molar-refractivity contribution is 5.95. The number of esters is 5. The van der Waals surface area contributed by atoms with Crippen molar-refractivity contribution in [1.29, 1.82) is 0 Å². The van der Waals surface area contributed by atoms with Gasteiger partial charge in [0.1, 0.15) is 42.0 Å². The molecule has 1 aromatic heterocycles. The fourth-order valence-corrected chi connectivity index (χ4v) is 7.89. The highest BCUT2D eigenvalue weighted by atomic mass is 16.6. The molecule has 0 spiro atoms. The largest absolute Gasteiger partial charge is 0.494 e. The second-order valence-electron chi connectivity index (χ2n) is 18.0. The lowest BCUT2D eigenvalue weighted by Crippen LogP contribution is -2.12. The molecule has 0 aliphatic carbocycles. The molecule has 0 N–H and O–H groups in total. The van der Waals surface area contributed by atoms with E-state index in [9.17, 15) is 24.0 Å². The maximum atomic E-state index is 13.5. The monoisotopic (exact) mass is 1080 g/mol. The Labute approximate surface area is 461 Å². The standard InChI is InChI=1S/C63H68N2O14/c1-4-57(66)75-37-17-12-10-8-7-9-11-15-36-73-52-23-19-21-48(43-52)61-60(64-55-34-33-53(45-56(55)65-61)74-41-39-71-40-42-77-59(68)6-3)49-22-20-24-54(44-49)79-63(70)47-27-25-46(26-28-47)62(69)78-51-31-29-50(30-32-51)72-35-16-13-14-18-38-76-58(67)5-2/h4-6,19-34,43-45H,1-3,7-18,35-42H2. The number of nitrogens with zero attached hydrogens (tertiary/aromatic N) is 2. The van der Waals surface area contributed by atoms with Crippen molar-refractivity contribution in [2.45, 2.75) is 77.0 Å². The molecule has 0 atom stereocenters. The molecule has 0 unspecified atom stereocenters. The van der Waals surface area contributed by atoms with Gasteiger partial charge >= 0.3 is 29.8 Å². The SMILES string of the molecule is C=CC(=O)OCCCCCCCCCCOc1cccc(-c2nc3cc(OCCOCCOC(=O)C=C)ccc3nc2-c2cccc(OC(=O)c3ccc(C(=O)Oc4ccc(OCCCCCCOC(=O)C=C)cc4)cc3)c2)c1. The van der Waals surface area contributed by atoms with Crippen LogP contribution in [0.4, 0.5) is 0 Å². The third-order valence-corrected chi connectivity index (χ3v) is 12.0. The molecule has 0 saturated heterocycles. The molecule has 0 fully saturated rings. The van der Waals surface area contributed by atoms with Crippen molar-refractivity contribution in [2.24, 2.45) is 0 Å². The van der Waals surface area contributed by atoms with Crippen LogP contribution in [0.2, 0.25) is 0 Å². The minimum absolute atomic E-state index is 0.105. The van der Waals surface area contributed by atoms with Crippen LogP contribution >= 0.6 is 0 Å². The smallest absolute Gasteiger partial charge is 0.343 e. The van der Waals surface area contributed by atoms with Crippen LogP contribution in [0.1, 0.15) is 97.8 Å². The van der Waals surface area contributed by atoms with Crippen molar-refractivity contribution >= 4 is 40.9 Å². The summed E-state index contributed by atoms with van der Waals surface area (Å²) in [4.78, 5) is 70.5. The number of rotatable bonds is 36. The Hall–Kier alpha value is -8.63. The number of unbranched alkanes of at least 4 members (excludes halogenated alkanes) is 10. The Kier molecular flexibility index (Phi) is 25.3. The van der Waals surface area contributed by atoms with Crippen molar-refractivity contribution < 1.29 is 66.6 Å². The van der Waals surface area contributed by atoms with E-state index in [1.54, 1.807) is 48.5 Å². The first kappa shape index (κ1) is 59.6. The molecule has 16 heteroatoms. The third-order valence-electron chi connectivity index (χ3n) is 12.0. The van der Waals surface area contributed by atoms with Gasteiger partial charge in [-0.3, -0.25) is 0 Å². The van der Waals surface area contributed by atoms with Gasteiger partial charge in [-0.15, -0.1) is 0 Å². The second-order valence-corrected chi connectivity index (χ2v) is 18.0. The summed E-state index contributed by atoms with van der Waals surface area (Å²) in [6, 6.07) is 32.9. The number of ether oxygens (including phenoxy) is 9. The van der Waals surface area contributed by atoms with Gasteiger partial charge in [-0.05, 0) is 123 Å². The maximum absolute atomic E-state index is 13.5. The normalized spacial score (nSPS) is 10.7. The molecule has 0 aliphatic rings. The number of carbonyl (C=O) groups excluding carboxylic acids is 5. The van der Waals surface area contributed by atoms with Crippen molar-refractivity contribution in [3.05, 3.63) is 164 Å². The Balaban J connectivity index is 1.06. The predicted molar refractivity (Wildman–Crippen MR) is 299 cm³/mol. The molecule has 0 radical (unpaired) electrons. The zero-order valence-electron chi connectivity index (χ0n) is 44.6. The quantitative estimate of drug-likeness (QED) is 0.0118. The van der Waals surface area contributed by atoms with Crippen LogP contribution in [-0.4, -0.2) is 92.7 Å². The molecule has 0 amide bonds. The third kappa shape index (κ3) is 21.0. The number of aromatic nitrogens is 2. The van der Waals surface area contributed by atoms with Gasteiger partial charge in [0.15, 0.2) is 0 Å². The summed E-state index contributed by atoms with van der Waals surface area (Å²) in [6.07, 6.45) is 15.1. The topological polar surface area (TPSA) is 194 Å². The van der Waals surface area contributed by atoms with Crippen LogP contribution in [0.5, 0.6) is 28.7 Å². The fraction of sp³-hybridized carbons (Fsp3) is 0.317. The summed E-state index contributed by atoms with van der Waals surface area (Å²) < 4.78 is 50.0. The summed E-state index contributed by atoms with van der Waals surface area (Å²) in [5.41, 5.74) is 4.14. The molecule has 0 saturated carbocycles. The molecule has 6 aromatic rings. The van der Waals surface area contributed by atoms with Crippen LogP contribution < -0.4 is 23.7 Å².